The molecule has 0 N–H and O–H groups in total. The van der Waals surface area contributed by atoms with Crippen LogP contribution in [-0.4, -0.2) is 14.5 Å². The third kappa shape index (κ3) is 3.55. The molecule has 0 bridgehead atoms. The van der Waals surface area contributed by atoms with Crippen LogP contribution >= 0.6 is 0 Å². The molecule has 1 rings (SSSR count). The second-order valence-corrected chi connectivity index (χ2v) is 6.11. The molecular weight excluding hydrogens is 230 g/mol. The largest absolute Gasteiger partial charge is 0.434 e. The lowest BCUT2D eigenvalue weighted by Crippen LogP contribution is -2.29. The summed E-state index contributed by atoms with van der Waals surface area (Å²) in [7, 11) is 0. The van der Waals surface area contributed by atoms with E-state index in [0.29, 0.717) is 11.8 Å². The SMILES string of the molecule is CC(C)CC(C)CC(C)(C)n1ccnc1[N+](=O)[O-]. The summed E-state index contributed by atoms with van der Waals surface area (Å²) < 4.78 is 1.67. The Morgan fingerprint density at radius 2 is 2.06 bits per heavy atom. The van der Waals surface area contributed by atoms with Gasteiger partial charge in [-0.25, -0.2) is 4.57 Å². The smallest absolute Gasteiger partial charge is 0.390 e. The molecule has 1 aromatic rings. The molecule has 0 aliphatic rings. The highest BCUT2D eigenvalue weighted by molar-refractivity contribution is 5.10. The van der Waals surface area contributed by atoms with E-state index in [1.807, 2.05) is 13.8 Å². The molecule has 0 amide bonds. The van der Waals surface area contributed by atoms with Gasteiger partial charge in [0.1, 0.15) is 12.4 Å². The minimum Gasteiger partial charge on any atom is -0.390 e. The fraction of sp³-hybridized carbons (Fsp3) is 0.769. The number of rotatable bonds is 6. The van der Waals surface area contributed by atoms with Crippen LogP contribution in [0.1, 0.15) is 47.5 Å². The van der Waals surface area contributed by atoms with Crippen LogP contribution in [0.4, 0.5) is 5.95 Å². The second kappa shape index (κ2) is 5.50. The first-order chi connectivity index (χ1) is 8.24. The van der Waals surface area contributed by atoms with Crippen LogP contribution in [0.15, 0.2) is 12.4 Å². The molecule has 0 saturated carbocycles. The molecule has 0 aliphatic heterocycles. The van der Waals surface area contributed by atoms with Crippen LogP contribution < -0.4 is 0 Å². The predicted octanol–water partition coefficient (Wildman–Crippen LogP) is 3.60. The molecule has 1 heterocycles. The lowest BCUT2D eigenvalue weighted by atomic mass is 9.86. The van der Waals surface area contributed by atoms with E-state index in [9.17, 15) is 10.1 Å². The Morgan fingerprint density at radius 3 is 2.56 bits per heavy atom. The summed E-state index contributed by atoms with van der Waals surface area (Å²) in [6, 6.07) is 0. The second-order valence-electron chi connectivity index (χ2n) is 6.11. The Balaban J connectivity index is 2.85. The lowest BCUT2D eigenvalue weighted by molar-refractivity contribution is -0.398. The van der Waals surface area contributed by atoms with Crippen molar-refractivity contribution < 1.29 is 4.92 Å². The van der Waals surface area contributed by atoms with E-state index >= 15 is 0 Å². The summed E-state index contributed by atoms with van der Waals surface area (Å²) in [5.41, 5.74) is -0.285. The Labute approximate surface area is 108 Å². The molecule has 1 unspecified atom stereocenters. The predicted molar refractivity (Wildman–Crippen MR) is 71.4 cm³/mol. The van der Waals surface area contributed by atoms with Crippen LogP contribution in [0.2, 0.25) is 0 Å². The van der Waals surface area contributed by atoms with Crippen LogP contribution in [0.3, 0.4) is 0 Å². The molecule has 1 atom stereocenters. The van der Waals surface area contributed by atoms with Gasteiger partial charge in [-0.2, -0.15) is 0 Å². The first-order valence-electron chi connectivity index (χ1n) is 6.42. The maximum Gasteiger partial charge on any atom is 0.434 e. The van der Waals surface area contributed by atoms with Crippen molar-refractivity contribution in [1.29, 1.82) is 0 Å². The Kier molecular flexibility index (Phi) is 4.48. The van der Waals surface area contributed by atoms with Gasteiger partial charge in [0.25, 0.3) is 0 Å². The number of nitrogens with zero attached hydrogens (tertiary/aromatic N) is 3. The molecule has 0 radical (unpaired) electrons. The van der Waals surface area contributed by atoms with Crippen LogP contribution in [-0.2, 0) is 5.54 Å². The minimum absolute atomic E-state index is 0.0725. The molecule has 0 fully saturated rings. The fourth-order valence-corrected chi connectivity index (χ4v) is 2.74. The van der Waals surface area contributed by atoms with E-state index in [1.54, 1.807) is 10.8 Å². The van der Waals surface area contributed by atoms with Gasteiger partial charge in [0, 0.05) is 0 Å². The van der Waals surface area contributed by atoms with Gasteiger partial charge in [-0.15, -0.1) is 0 Å². The third-order valence-electron chi connectivity index (χ3n) is 3.16. The third-order valence-corrected chi connectivity index (χ3v) is 3.16. The fourth-order valence-electron chi connectivity index (χ4n) is 2.74. The van der Waals surface area contributed by atoms with E-state index in [4.69, 9.17) is 0 Å². The summed E-state index contributed by atoms with van der Waals surface area (Å²) in [6.45, 7) is 10.6. The molecule has 0 aliphatic carbocycles. The highest BCUT2D eigenvalue weighted by Crippen LogP contribution is 2.30. The zero-order chi connectivity index (χ0) is 13.9. The van der Waals surface area contributed by atoms with Gasteiger partial charge in [-0.1, -0.05) is 25.8 Å². The zero-order valence-corrected chi connectivity index (χ0v) is 11.9. The molecule has 18 heavy (non-hydrogen) atoms. The molecule has 1 aromatic heterocycles. The standard InChI is InChI=1S/C13H23N3O2/c1-10(2)8-11(3)9-13(4,5)15-7-6-14-12(15)16(17)18/h6-7,10-11H,8-9H2,1-5H3. The molecule has 5 heteroatoms. The van der Waals surface area contributed by atoms with Crippen LogP contribution in [0.25, 0.3) is 0 Å². The Bertz CT molecular complexity index is 410. The topological polar surface area (TPSA) is 61.0 Å². The van der Waals surface area contributed by atoms with Gasteiger partial charge < -0.3 is 10.1 Å². The molecule has 5 nitrogen and oxygen atoms in total. The van der Waals surface area contributed by atoms with Gasteiger partial charge in [0.15, 0.2) is 0 Å². The summed E-state index contributed by atoms with van der Waals surface area (Å²) in [5.74, 6) is 1.10. The normalized spacial score (nSPS) is 13.9. The molecule has 0 spiro atoms. The maximum atomic E-state index is 10.9. The average Bonchev–Trinajstić information content (AvgIpc) is 2.63. The summed E-state index contributed by atoms with van der Waals surface area (Å²) in [4.78, 5) is 14.3. The number of nitro groups is 1. The summed E-state index contributed by atoms with van der Waals surface area (Å²) >= 11 is 0. The first-order valence-corrected chi connectivity index (χ1v) is 6.42. The van der Waals surface area contributed by atoms with Crippen LogP contribution in [0, 0.1) is 22.0 Å². The monoisotopic (exact) mass is 253 g/mol. The van der Waals surface area contributed by atoms with Gasteiger partial charge >= 0.3 is 5.95 Å². The molecule has 102 valence electrons. The highest BCUT2D eigenvalue weighted by Gasteiger charge is 2.31. The van der Waals surface area contributed by atoms with Gasteiger partial charge in [0.2, 0.25) is 0 Å². The van der Waals surface area contributed by atoms with Gasteiger partial charge in [-0.05, 0) is 43.4 Å². The number of aromatic nitrogens is 2. The van der Waals surface area contributed by atoms with Crippen LogP contribution in [0.5, 0.6) is 0 Å². The average molecular weight is 253 g/mol. The van der Waals surface area contributed by atoms with Crippen molar-refractivity contribution in [3.63, 3.8) is 0 Å². The van der Waals surface area contributed by atoms with Crippen molar-refractivity contribution in [2.75, 3.05) is 0 Å². The molecule has 0 aromatic carbocycles. The maximum absolute atomic E-state index is 10.9. The van der Waals surface area contributed by atoms with Crippen molar-refractivity contribution in [3.05, 3.63) is 22.5 Å². The van der Waals surface area contributed by atoms with E-state index in [1.165, 1.54) is 6.20 Å². The zero-order valence-electron chi connectivity index (χ0n) is 11.9. The van der Waals surface area contributed by atoms with E-state index < -0.39 is 4.92 Å². The van der Waals surface area contributed by atoms with Gasteiger partial charge in [0.05, 0.1) is 5.54 Å². The number of hydrogen-bond acceptors (Lipinski definition) is 3. The van der Waals surface area contributed by atoms with E-state index in [-0.39, 0.29) is 11.5 Å². The van der Waals surface area contributed by atoms with Gasteiger partial charge in [-0.3, -0.25) is 0 Å². The van der Waals surface area contributed by atoms with E-state index in [0.717, 1.165) is 12.8 Å². The van der Waals surface area contributed by atoms with Crippen molar-refractivity contribution in [3.8, 4) is 0 Å². The Hall–Kier alpha value is -1.39. The first kappa shape index (κ1) is 14.7. The van der Waals surface area contributed by atoms with Crippen molar-refractivity contribution in [1.82, 2.24) is 9.55 Å². The quantitative estimate of drug-likeness (QED) is 0.575. The summed E-state index contributed by atoms with van der Waals surface area (Å²) in [5, 5.41) is 10.9. The molecule has 0 saturated heterocycles. The highest BCUT2D eigenvalue weighted by atomic mass is 16.6. The summed E-state index contributed by atoms with van der Waals surface area (Å²) in [6.07, 6.45) is 5.22. The van der Waals surface area contributed by atoms with Crippen molar-refractivity contribution in [2.24, 2.45) is 11.8 Å². The Morgan fingerprint density at radius 1 is 1.44 bits per heavy atom. The van der Waals surface area contributed by atoms with Crippen molar-refractivity contribution in [2.45, 2.75) is 53.0 Å². The molecular formula is C13H23N3O2. The number of imidazole rings is 1. The minimum atomic E-state index is -0.422. The lowest BCUT2D eigenvalue weighted by Gasteiger charge is -2.27. The number of hydrogen-bond donors (Lipinski definition) is 0. The van der Waals surface area contributed by atoms with Crippen molar-refractivity contribution >= 4 is 5.95 Å². The van der Waals surface area contributed by atoms with E-state index in [2.05, 4.69) is 25.8 Å².